The number of halogens is 1. The molecule has 0 aliphatic rings. The molecule has 2 rings (SSSR count). The van der Waals surface area contributed by atoms with Gasteiger partial charge in [-0.25, -0.2) is 4.79 Å². The number of benzene rings is 2. The Kier molecular flexibility index (Phi) is 6.52. The van der Waals surface area contributed by atoms with Crippen molar-refractivity contribution < 1.29 is 23.9 Å². The number of ether oxygens (including phenoxy) is 2. The number of anilines is 1. The fourth-order valence-electron chi connectivity index (χ4n) is 2.22. The minimum absolute atomic E-state index is 0.199. The number of hydrogen-bond donors (Lipinski definition) is 1. The van der Waals surface area contributed by atoms with Crippen LogP contribution in [0.25, 0.3) is 0 Å². The highest BCUT2D eigenvalue weighted by molar-refractivity contribution is 9.10. The molecule has 0 saturated heterocycles. The van der Waals surface area contributed by atoms with E-state index in [1.165, 1.54) is 27.0 Å². The van der Waals surface area contributed by atoms with Crippen LogP contribution in [0.4, 0.5) is 5.69 Å². The first-order valence-corrected chi connectivity index (χ1v) is 8.57. The molecular formula is C19H18BrNO5. The van der Waals surface area contributed by atoms with Gasteiger partial charge >= 0.3 is 5.97 Å². The Bertz CT molecular complexity index is 832. The number of methoxy groups -OCH3 is 1. The molecule has 136 valence electrons. The van der Waals surface area contributed by atoms with Crippen LogP contribution in [0.1, 0.15) is 34.6 Å². The molecule has 0 radical (unpaired) electrons. The molecule has 7 heteroatoms. The summed E-state index contributed by atoms with van der Waals surface area (Å²) in [7, 11) is 1.50. The standard InChI is InChI=1S/C19H18BrNO5/c1-11(18(23)13-4-6-14(7-5-13)21-12(2)22)26-19(24)16-10-15(25-3)8-9-17(16)20/h4-11H,1-3H3,(H,21,22). The SMILES string of the molecule is COc1ccc(Br)c(C(=O)OC(C)C(=O)c2ccc(NC(C)=O)cc2)c1. The average Bonchev–Trinajstić information content (AvgIpc) is 2.61. The van der Waals surface area contributed by atoms with Gasteiger partial charge < -0.3 is 14.8 Å². The Morgan fingerprint density at radius 2 is 1.73 bits per heavy atom. The van der Waals surface area contributed by atoms with Crippen LogP contribution >= 0.6 is 15.9 Å². The maximum atomic E-state index is 12.5. The zero-order valence-electron chi connectivity index (χ0n) is 14.5. The minimum atomic E-state index is -0.966. The molecule has 1 N–H and O–H groups in total. The van der Waals surface area contributed by atoms with Crippen molar-refractivity contribution in [2.24, 2.45) is 0 Å². The highest BCUT2D eigenvalue weighted by Crippen LogP contribution is 2.24. The Balaban J connectivity index is 2.09. The number of carbonyl (C=O) groups excluding carboxylic acids is 3. The summed E-state index contributed by atoms with van der Waals surface area (Å²) in [6, 6.07) is 11.3. The van der Waals surface area contributed by atoms with Crippen molar-refractivity contribution in [2.45, 2.75) is 20.0 Å². The maximum Gasteiger partial charge on any atom is 0.340 e. The lowest BCUT2D eigenvalue weighted by molar-refractivity contribution is -0.114. The molecule has 26 heavy (non-hydrogen) atoms. The molecule has 6 nitrogen and oxygen atoms in total. The highest BCUT2D eigenvalue weighted by atomic mass is 79.9. The van der Waals surface area contributed by atoms with Gasteiger partial charge in [-0.3, -0.25) is 9.59 Å². The van der Waals surface area contributed by atoms with Crippen molar-refractivity contribution in [1.29, 1.82) is 0 Å². The predicted octanol–water partition coefficient (Wildman–Crippen LogP) is 3.84. The molecule has 0 aromatic heterocycles. The lowest BCUT2D eigenvalue weighted by atomic mass is 10.1. The largest absolute Gasteiger partial charge is 0.497 e. The van der Waals surface area contributed by atoms with E-state index in [-0.39, 0.29) is 17.3 Å². The molecule has 0 aliphatic carbocycles. The van der Waals surface area contributed by atoms with Gasteiger partial charge in [0.1, 0.15) is 5.75 Å². The maximum absolute atomic E-state index is 12.5. The summed E-state index contributed by atoms with van der Waals surface area (Å²) in [5, 5.41) is 2.62. The molecule has 0 saturated carbocycles. The highest BCUT2D eigenvalue weighted by Gasteiger charge is 2.22. The van der Waals surface area contributed by atoms with Crippen molar-refractivity contribution in [3.8, 4) is 5.75 Å². The molecule has 2 aromatic carbocycles. The number of hydrogen-bond acceptors (Lipinski definition) is 5. The van der Waals surface area contributed by atoms with Gasteiger partial charge in [0.2, 0.25) is 11.7 Å². The third kappa shape index (κ3) is 4.92. The van der Waals surface area contributed by atoms with Crippen LogP contribution in [0.15, 0.2) is 46.9 Å². The predicted molar refractivity (Wildman–Crippen MR) is 101 cm³/mol. The van der Waals surface area contributed by atoms with Crippen molar-refractivity contribution in [3.05, 3.63) is 58.1 Å². The second-order valence-electron chi connectivity index (χ2n) is 5.52. The molecule has 0 bridgehead atoms. The average molecular weight is 420 g/mol. The first kappa shape index (κ1) is 19.7. The summed E-state index contributed by atoms with van der Waals surface area (Å²) < 4.78 is 10.9. The molecular weight excluding hydrogens is 402 g/mol. The number of amides is 1. The molecule has 1 atom stereocenters. The molecule has 1 unspecified atom stereocenters. The normalized spacial score (nSPS) is 11.4. The van der Waals surface area contributed by atoms with E-state index >= 15 is 0 Å². The second-order valence-corrected chi connectivity index (χ2v) is 6.37. The van der Waals surface area contributed by atoms with E-state index in [0.717, 1.165) is 0 Å². The van der Waals surface area contributed by atoms with Gasteiger partial charge in [-0.15, -0.1) is 0 Å². The van der Waals surface area contributed by atoms with Crippen molar-refractivity contribution >= 4 is 39.3 Å². The molecule has 0 fully saturated rings. The number of Topliss-reactive ketones (excluding diaryl/α,β-unsaturated/α-hetero) is 1. The Morgan fingerprint density at radius 3 is 2.31 bits per heavy atom. The topological polar surface area (TPSA) is 81.7 Å². The first-order chi connectivity index (χ1) is 12.3. The number of carbonyl (C=O) groups is 3. The van der Waals surface area contributed by atoms with Crippen LogP contribution in [-0.4, -0.2) is 30.9 Å². The van der Waals surface area contributed by atoms with Gasteiger partial charge in [-0.2, -0.15) is 0 Å². The first-order valence-electron chi connectivity index (χ1n) is 7.78. The van der Waals surface area contributed by atoms with Gasteiger partial charge in [0, 0.05) is 22.6 Å². The van der Waals surface area contributed by atoms with E-state index in [0.29, 0.717) is 21.5 Å². The number of rotatable bonds is 6. The van der Waals surface area contributed by atoms with Gasteiger partial charge in [0.15, 0.2) is 6.10 Å². The lowest BCUT2D eigenvalue weighted by Gasteiger charge is -2.14. The fraction of sp³-hybridized carbons (Fsp3) is 0.211. The van der Waals surface area contributed by atoms with Crippen LogP contribution in [0.3, 0.4) is 0 Å². The lowest BCUT2D eigenvalue weighted by Crippen LogP contribution is -2.24. The Hall–Kier alpha value is -2.67. The van der Waals surface area contributed by atoms with Crippen LogP contribution in [0.5, 0.6) is 5.75 Å². The van der Waals surface area contributed by atoms with E-state index in [1.54, 1.807) is 36.4 Å². The van der Waals surface area contributed by atoms with Crippen molar-refractivity contribution in [2.75, 3.05) is 12.4 Å². The third-order valence-corrected chi connectivity index (χ3v) is 4.23. The zero-order chi connectivity index (χ0) is 19.3. The van der Waals surface area contributed by atoms with Crippen LogP contribution in [0.2, 0.25) is 0 Å². The number of esters is 1. The Labute approximate surface area is 159 Å². The van der Waals surface area contributed by atoms with Crippen LogP contribution in [-0.2, 0) is 9.53 Å². The van der Waals surface area contributed by atoms with Gasteiger partial charge in [-0.05, 0) is 65.3 Å². The minimum Gasteiger partial charge on any atom is -0.497 e. The monoisotopic (exact) mass is 419 g/mol. The smallest absolute Gasteiger partial charge is 0.340 e. The fourth-order valence-corrected chi connectivity index (χ4v) is 2.63. The van der Waals surface area contributed by atoms with Gasteiger partial charge in [0.05, 0.1) is 12.7 Å². The summed E-state index contributed by atoms with van der Waals surface area (Å²) in [5.41, 5.74) is 1.23. The quantitative estimate of drug-likeness (QED) is 0.567. The molecule has 0 spiro atoms. The summed E-state index contributed by atoms with van der Waals surface area (Å²) >= 11 is 3.28. The molecule has 0 aliphatic heterocycles. The number of ketones is 1. The van der Waals surface area contributed by atoms with E-state index in [9.17, 15) is 14.4 Å². The summed E-state index contributed by atoms with van der Waals surface area (Å²) in [5.74, 6) is -0.666. The van der Waals surface area contributed by atoms with Crippen LogP contribution in [0, 0.1) is 0 Å². The Morgan fingerprint density at radius 1 is 1.08 bits per heavy atom. The molecule has 2 aromatic rings. The second kappa shape index (κ2) is 8.62. The van der Waals surface area contributed by atoms with Gasteiger partial charge in [-0.1, -0.05) is 0 Å². The van der Waals surface area contributed by atoms with Crippen molar-refractivity contribution in [3.63, 3.8) is 0 Å². The van der Waals surface area contributed by atoms with E-state index in [4.69, 9.17) is 9.47 Å². The van der Waals surface area contributed by atoms with Crippen molar-refractivity contribution in [1.82, 2.24) is 0 Å². The zero-order valence-corrected chi connectivity index (χ0v) is 16.1. The van der Waals surface area contributed by atoms with Gasteiger partial charge in [0.25, 0.3) is 0 Å². The molecule has 0 heterocycles. The molecule has 1 amide bonds. The third-order valence-electron chi connectivity index (χ3n) is 3.54. The summed E-state index contributed by atoms with van der Waals surface area (Å²) in [6.45, 7) is 2.91. The summed E-state index contributed by atoms with van der Waals surface area (Å²) in [4.78, 5) is 35.8. The van der Waals surface area contributed by atoms with E-state index in [1.807, 2.05) is 0 Å². The van der Waals surface area contributed by atoms with Crippen LogP contribution < -0.4 is 10.1 Å². The number of nitrogens with one attached hydrogen (secondary N) is 1. The summed E-state index contributed by atoms with van der Waals surface area (Å²) in [6.07, 6.45) is -0.966. The van der Waals surface area contributed by atoms with E-state index in [2.05, 4.69) is 21.2 Å². The van der Waals surface area contributed by atoms with E-state index < -0.39 is 12.1 Å².